The highest BCUT2D eigenvalue weighted by Gasteiger charge is 2.21. The van der Waals surface area contributed by atoms with Gasteiger partial charge in [-0.15, -0.1) is 12.4 Å². The van der Waals surface area contributed by atoms with Gasteiger partial charge in [0.15, 0.2) is 0 Å². The summed E-state index contributed by atoms with van der Waals surface area (Å²) in [6.07, 6.45) is 2.85. The third kappa shape index (κ3) is 8.83. The predicted octanol–water partition coefficient (Wildman–Crippen LogP) is 1.35. The molecule has 1 rings (SSSR count). The maximum Gasteiger partial charge on any atom is 0.242 e. The number of amides is 2. The average molecular weight is 360 g/mol. The van der Waals surface area contributed by atoms with E-state index in [0.717, 1.165) is 11.3 Å². The van der Waals surface area contributed by atoms with Gasteiger partial charge in [0.05, 0.1) is 6.42 Å². The largest absolute Gasteiger partial charge is 0.351 e. The van der Waals surface area contributed by atoms with Crippen LogP contribution in [0.2, 0.25) is 0 Å². The summed E-state index contributed by atoms with van der Waals surface area (Å²) in [5.74, 6) is 0.488. The van der Waals surface area contributed by atoms with Gasteiger partial charge in [-0.05, 0) is 30.9 Å². The number of carbonyl (C=O) groups is 2. The molecule has 0 radical (unpaired) electrons. The molecule has 0 saturated carbocycles. The standard InChI is InChI=1S/C16H25N3O2S.ClH/c1-12(11-17)18-16(21)14(8-9-22-2)19-15(20)10-13-6-4-3-5-7-13;/h3-7,12,14H,8-11,17H2,1-2H3,(H,18,21)(H,19,20);1H/t12-,14?;/m0./s1. The summed E-state index contributed by atoms with van der Waals surface area (Å²) < 4.78 is 0. The van der Waals surface area contributed by atoms with Crippen LogP contribution in [0.4, 0.5) is 0 Å². The van der Waals surface area contributed by atoms with E-state index in [1.807, 2.05) is 43.5 Å². The molecule has 7 heteroatoms. The second-order valence-corrected chi connectivity index (χ2v) is 6.19. The predicted molar refractivity (Wildman–Crippen MR) is 99.0 cm³/mol. The first-order chi connectivity index (χ1) is 10.6. The van der Waals surface area contributed by atoms with Crippen molar-refractivity contribution in [3.63, 3.8) is 0 Å². The van der Waals surface area contributed by atoms with E-state index in [-0.39, 0.29) is 36.7 Å². The number of hydrogen-bond acceptors (Lipinski definition) is 4. The molecule has 2 amide bonds. The Morgan fingerprint density at radius 1 is 1.22 bits per heavy atom. The van der Waals surface area contributed by atoms with Gasteiger partial charge >= 0.3 is 0 Å². The SMILES string of the molecule is CSCCC(NC(=O)Cc1ccccc1)C(=O)N[C@@H](C)CN.Cl. The second kappa shape index (κ2) is 12.2. The maximum absolute atomic E-state index is 12.2. The monoisotopic (exact) mass is 359 g/mol. The molecule has 130 valence electrons. The summed E-state index contributed by atoms with van der Waals surface area (Å²) in [6.45, 7) is 2.22. The maximum atomic E-state index is 12.2. The molecule has 23 heavy (non-hydrogen) atoms. The van der Waals surface area contributed by atoms with E-state index in [4.69, 9.17) is 5.73 Å². The van der Waals surface area contributed by atoms with Crippen LogP contribution in [0, 0.1) is 0 Å². The third-order valence-electron chi connectivity index (χ3n) is 3.21. The van der Waals surface area contributed by atoms with Crippen molar-refractivity contribution in [1.29, 1.82) is 0 Å². The van der Waals surface area contributed by atoms with E-state index in [9.17, 15) is 9.59 Å². The molecule has 0 spiro atoms. The Labute approximate surface area is 148 Å². The highest BCUT2D eigenvalue weighted by atomic mass is 35.5. The van der Waals surface area contributed by atoms with Crippen LogP contribution in [0.1, 0.15) is 18.9 Å². The molecule has 0 aliphatic heterocycles. The van der Waals surface area contributed by atoms with E-state index in [1.54, 1.807) is 11.8 Å². The van der Waals surface area contributed by atoms with Gasteiger partial charge in [0.2, 0.25) is 11.8 Å². The number of benzene rings is 1. The first-order valence-corrected chi connectivity index (χ1v) is 8.78. The molecule has 5 nitrogen and oxygen atoms in total. The quantitative estimate of drug-likeness (QED) is 0.621. The molecule has 0 aliphatic rings. The minimum Gasteiger partial charge on any atom is -0.351 e. The number of thioether (sulfide) groups is 1. The number of carbonyl (C=O) groups excluding carboxylic acids is 2. The first-order valence-electron chi connectivity index (χ1n) is 7.39. The molecule has 1 aromatic rings. The van der Waals surface area contributed by atoms with E-state index in [2.05, 4.69) is 10.6 Å². The lowest BCUT2D eigenvalue weighted by Gasteiger charge is -2.20. The van der Waals surface area contributed by atoms with Gasteiger partial charge in [0.1, 0.15) is 6.04 Å². The van der Waals surface area contributed by atoms with Crippen LogP contribution in [0.3, 0.4) is 0 Å². The van der Waals surface area contributed by atoms with Gasteiger partial charge in [-0.1, -0.05) is 30.3 Å². The van der Waals surface area contributed by atoms with Crippen molar-refractivity contribution in [3.8, 4) is 0 Å². The minimum atomic E-state index is -0.516. The fourth-order valence-corrected chi connectivity index (χ4v) is 2.40. The fourth-order valence-electron chi connectivity index (χ4n) is 1.93. The zero-order valence-corrected chi connectivity index (χ0v) is 15.2. The van der Waals surface area contributed by atoms with E-state index >= 15 is 0 Å². The highest BCUT2D eigenvalue weighted by Crippen LogP contribution is 2.04. The first kappa shape index (κ1) is 21.8. The molecule has 4 N–H and O–H groups in total. The van der Waals surface area contributed by atoms with Crippen molar-refractivity contribution >= 4 is 36.0 Å². The minimum absolute atomic E-state index is 0. The number of hydrogen-bond donors (Lipinski definition) is 3. The molecule has 0 fully saturated rings. The summed E-state index contributed by atoms with van der Waals surface area (Å²) in [5, 5.41) is 5.64. The van der Waals surface area contributed by atoms with Gasteiger partial charge in [-0.2, -0.15) is 11.8 Å². The van der Waals surface area contributed by atoms with E-state index in [1.165, 1.54) is 0 Å². The molecule has 1 aromatic carbocycles. The Balaban J connectivity index is 0.00000484. The number of halogens is 1. The Morgan fingerprint density at radius 3 is 2.43 bits per heavy atom. The van der Waals surface area contributed by atoms with E-state index < -0.39 is 6.04 Å². The second-order valence-electron chi connectivity index (χ2n) is 5.21. The van der Waals surface area contributed by atoms with Crippen LogP contribution in [-0.2, 0) is 16.0 Å². The van der Waals surface area contributed by atoms with Crippen LogP contribution >= 0.6 is 24.2 Å². The van der Waals surface area contributed by atoms with Crippen molar-refractivity contribution in [2.24, 2.45) is 5.73 Å². The Bertz CT molecular complexity index is 474. The molecule has 1 unspecified atom stereocenters. The Kier molecular flexibility index (Phi) is 11.6. The smallest absolute Gasteiger partial charge is 0.242 e. The number of rotatable bonds is 9. The van der Waals surface area contributed by atoms with Gasteiger partial charge < -0.3 is 16.4 Å². The molecular weight excluding hydrogens is 334 g/mol. The molecule has 0 aromatic heterocycles. The van der Waals surface area contributed by atoms with Crippen LogP contribution in [0.5, 0.6) is 0 Å². The zero-order valence-electron chi connectivity index (χ0n) is 13.6. The molecule has 0 saturated heterocycles. The third-order valence-corrected chi connectivity index (χ3v) is 3.86. The Hall–Kier alpha value is -1.24. The van der Waals surface area contributed by atoms with Gasteiger partial charge in [-0.25, -0.2) is 0 Å². The van der Waals surface area contributed by atoms with Crippen molar-refractivity contribution in [1.82, 2.24) is 10.6 Å². The van der Waals surface area contributed by atoms with E-state index in [0.29, 0.717) is 13.0 Å². The summed E-state index contributed by atoms with van der Waals surface area (Å²) in [4.78, 5) is 24.3. The van der Waals surface area contributed by atoms with Crippen molar-refractivity contribution in [3.05, 3.63) is 35.9 Å². The lowest BCUT2D eigenvalue weighted by atomic mass is 10.1. The fraction of sp³-hybridized carbons (Fsp3) is 0.500. The molecular formula is C16H26ClN3O2S. The van der Waals surface area contributed by atoms with Gasteiger partial charge in [0.25, 0.3) is 0 Å². The van der Waals surface area contributed by atoms with Crippen LogP contribution in [0.15, 0.2) is 30.3 Å². The summed E-state index contributed by atoms with van der Waals surface area (Å²) in [6, 6.07) is 8.87. The van der Waals surface area contributed by atoms with Crippen molar-refractivity contribution in [2.45, 2.75) is 31.8 Å². The Morgan fingerprint density at radius 2 is 1.87 bits per heavy atom. The summed E-state index contributed by atoms with van der Waals surface area (Å²) in [5.41, 5.74) is 6.45. The average Bonchev–Trinajstić information content (AvgIpc) is 2.52. The van der Waals surface area contributed by atoms with Crippen molar-refractivity contribution in [2.75, 3.05) is 18.6 Å². The normalized spacial score (nSPS) is 12.7. The molecule has 0 aliphatic carbocycles. The molecule has 2 atom stereocenters. The molecule has 0 bridgehead atoms. The molecule has 0 heterocycles. The zero-order chi connectivity index (χ0) is 16.4. The summed E-state index contributed by atoms with van der Waals surface area (Å²) >= 11 is 1.65. The highest BCUT2D eigenvalue weighted by molar-refractivity contribution is 7.98. The van der Waals surface area contributed by atoms with Crippen LogP contribution in [0.25, 0.3) is 0 Å². The van der Waals surface area contributed by atoms with Gasteiger partial charge in [-0.3, -0.25) is 9.59 Å². The number of nitrogens with two attached hydrogens (primary N) is 1. The number of nitrogens with one attached hydrogen (secondary N) is 2. The van der Waals surface area contributed by atoms with Gasteiger partial charge in [0, 0.05) is 12.6 Å². The van der Waals surface area contributed by atoms with Crippen LogP contribution < -0.4 is 16.4 Å². The topological polar surface area (TPSA) is 84.2 Å². The van der Waals surface area contributed by atoms with Crippen LogP contribution in [-0.4, -0.2) is 42.5 Å². The lowest BCUT2D eigenvalue weighted by Crippen LogP contribution is -2.51. The van der Waals surface area contributed by atoms with Crippen molar-refractivity contribution < 1.29 is 9.59 Å². The lowest BCUT2D eigenvalue weighted by molar-refractivity contribution is -0.129. The summed E-state index contributed by atoms with van der Waals surface area (Å²) in [7, 11) is 0.